The fraction of sp³-hybridized carbons (Fsp3) is 0.462. The minimum atomic E-state index is -0.668. The van der Waals surface area contributed by atoms with E-state index in [4.69, 9.17) is 27.9 Å². The van der Waals surface area contributed by atoms with Crippen molar-refractivity contribution in [2.24, 2.45) is 0 Å². The molecule has 0 aliphatic heterocycles. The fourth-order valence-corrected chi connectivity index (χ4v) is 1.90. The highest BCUT2D eigenvalue weighted by atomic mass is 35.5. The molecule has 20 heavy (non-hydrogen) atoms. The molecule has 0 saturated carbocycles. The smallest absolute Gasteiger partial charge is 0.216 e. The van der Waals surface area contributed by atoms with Gasteiger partial charge >= 0.3 is 0 Å². The van der Waals surface area contributed by atoms with Crippen LogP contribution in [-0.2, 0) is 4.79 Å². The summed E-state index contributed by atoms with van der Waals surface area (Å²) in [6.07, 6.45) is -0.668. The van der Waals surface area contributed by atoms with Gasteiger partial charge in [0.1, 0.15) is 18.5 Å². The van der Waals surface area contributed by atoms with Crippen LogP contribution in [0, 0.1) is 0 Å². The predicted octanol–water partition coefficient (Wildman–Crippen LogP) is 1.46. The lowest BCUT2D eigenvalue weighted by Crippen LogP contribution is -2.36. The Bertz CT molecular complexity index is 444. The first-order valence-corrected chi connectivity index (χ1v) is 6.95. The summed E-state index contributed by atoms with van der Waals surface area (Å²) in [5.74, 6) is 0.404. The fourth-order valence-electron chi connectivity index (χ4n) is 1.43. The van der Waals surface area contributed by atoms with E-state index in [1.165, 1.54) is 6.92 Å². The van der Waals surface area contributed by atoms with Crippen LogP contribution in [0.5, 0.6) is 5.75 Å². The number of carbonyl (C=O) groups is 1. The van der Waals surface area contributed by atoms with Crippen LogP contribution < -0.4 is 15.4 Å². The van der Waals surface area contributed by atoms with Gasteiger partial charge in [-0.1, -0.05) is 23.2 Å². The summed E-state index contributed by atoms with van der Waals surface area (Å²) in [4.78, 5) is 10.6. The standard InChI is InChI=1S/C13H18Cl2N2O3/c1-9(18)17-5-4-16-7-11(19)8-20-13-3-2-10(14)6-12(13)15/h2-3,6,11,16,19H,4-5,7-8H2,1H3,(H,17,18). The van der Waals surface area contributed by atoms with Gasteiger partial charge in [0.25, 0.3) is 0 Å². The molecular formula is C13H18Cl2N2O3. The van der Waals surface area contributed by atoms with E-state index in [0.717, 1.165) is 0 Å². The Kier molecular flexibility index (Phi) is 7.69. The second kappa shape index (κ2) is 9.02. The van der Waals surface area contributed by atoms with Crippen molar-refractivity contribution in [3.8, 4) is 5.75 Å². The first-order chi connectivity index (χ1) is 9.49. The molecule has 0 heterocycles. The largest absolute Gasteiger partial charge is 0.489 e. The van der Waals surface area contributed by atoms with Gasteiger partial charge in [-0.15, -0.1) is 0 Å². The van der Waals surface area contributed by atoms with Gasteiger partial charge in [0.2, 0.25) is 5.91 Å². The van der Waals surface area contributed by atoms with Crippen LogP contribution in [0.1, 0.15) is 6.92 Å². The maximum absolute atomic E-state index is 10.6. The second-order valence-electron chi connectivity index (χ2n) is 4.23. The van der Waals surface area contributed by atoms with Crippen molar-refractivity contribution in [3.63, 3.8) is 0 Å². The molecule has 0 aliphatic rings. The van der Waals surface area contributed by atoms with Crippen LogP contribution in [0.3, 0.4) is 0 Å². The number of aliphatic hydroxyl groups excluding tert-OH is 1. The van der Waals surface area contributed by atoms with Gasteiger partial charge < -0.3 is 20.5 Å². The van der Waals surface area contributed by atoms with Crippen molar-refractivity contribution in [3.05, 3.63) is 28.2 Å². The van der Waals surface area contributed by atoms with Gasteiger partial charge in [-0.25, -0.2) is 0 Å². The summed E-state index contributed by atoms with van der Waals surface area (Å²) in [6.45, 7) is 3.04. The Morgan fingerprint density at radius 2 is 2.15 bits per heavy atom. The number of benzene rings is 1. The van der Waals surface area contributed by atoms with Gasteiger partial charge in [0.05, 0.1) is 5.02 Å². The van der Waals surface area contributed by atoms with E-state index in [9.17, 15) is 9.90 Å². The average Bonchev–Trinajstić information content (AvgIpc) is 2.37. The van der Waals surface area contributed by atoms with E-state index >= 15 is 0 Å². The van der Waals surface area contributed by atoms with Crippen LogP contribution in [0.15, 0.2) is 18.2 Å². The van der Waals surface area contributed by atoms with E-state index in [2.05, 4.69) is 10.6 Å². The molecule has 112 valence electrons. The van der Waals surface area contributed by atoms with E-state index in [0.29, 0.717) is 35.4 Å². The van der Waals surface area contributed by atoms with E-state index in [1.54, 1.807) is 18.2 Å². The van der Waals surface area contributed by atoms with E-state index < -0.39 is 6.10 Å². The normalized spacial score (nSPS) is 12.0. The Labute approximate surface area is 128 Å². The van der Waals surface area contributed by atoms with Crippen molar-refractivity contribution in [1.82, 2.24) is 10.6 Å². The monoisotopic (exact) mass is 320 g/mol. The molecule has 1 aromatic carbocycles. The number of halogens is 2. The van der Waals surface area contributed by atoms with Crippen molar-refractivity contribution < 1.29 is 14.6 Å². The first kappa shape index (κ1) is 17.0. The zero-order valence-corrected chi connectivity index (χ0v) is 12.7. The zero-order chi connectivity index (χ0) is 15.0. The van der Waals surface area contributed by atoms with Crippen LogP contribution >= 0.6 is 23.2 Å². The maximum atomic E-state index is 10.6. The number of amides is 1. The minimum absolute atomic E-state index is 0.0759. The highest BCUT2D eigenvalue weighted by Crippen LogP contribution is 2.27. The van der Waals surface area contributed by atoms with Gasteiger partial charge in [-0.05, 0) is 18.2 Å². The molecule has 7 heteroatoms. The summed E-state index contributed by atoms with van der Waals surface area (Å²) in [7, 11) is 0. The van der Waals surface area contributed by atoms with Crippen molar-refractivity contribution in [2.45, 2.75) is 13.0 Å². The van der Waals surface area contributed by atoms with Crippen LogP contribution in [0.4, 0.5) is 0 Å². The number of ether oxygens (including phenoxy) is 1. The number of rotatable bonds is 8. The topological polar surface area (TPSA) is 70.6 Å². The molecular weight excluding hydrogens is 303 g/mol. The Morgan fingerprint density at radius 1 is 1.40 bits per heavy atom. The number of hydrogen-bond donors (Lipinski definition) is 3. The van der Waals surface area contributed by atoms with Gasteiger partial charge in [-0.2, -0.15) is 0 Å². The van der Waals surface area contributed by atoms with Crippen LogP contribution in [-0.4, -0.2) is 43.4 Å². The highest BCUT2D eigenvalue weighted by molar-refractivity contribution is 6.35. The van der Waals surface area contributed by atoms with Crippen molar-refractivity contribution in [2.75, 3.05) is 26.2 Å². The number of aliphatic hydroxyl groups is 1. The third-order valence-electron chi connectivity index (χ3n) is 2.38. The van der Waals surface area contributed by atoms with Gasteiger partial charge in [-0.3, -0.25) is 4.79 Å². The van der Waals surface area contributed by atoms with Crippen LogP contribution in [0.25, 0.3) is 0 Å². The Hall–Kier alpha value is -1.01. The SMILES string of the molecule is CC(=O)NCCNCC(O)COc1ccc(Cl)cc1Cl. The van der Waals surface area contributed by atoms with E-state index in [1.807, 2.05) is 0 Å². The maximum Gasteiger partial charge on any atom is 0.216 e. The lowest BCUT2D eigenvalue weighted by molar-refractivity contribution is -0.118. The molecule has 1 aromatic rings. The molecule has 0 aliphatic carbocycles. The van der Waals surface area contributed by atoms with Crippen molar-refractivity contribution in [1.29, 1.82) is 0 Å². The zero-order valence-electron chi connectivity index (χ0n) is 11.2. The second-order valence-corrected chi connectivity index (χ2v) is 5.07. The molecule has 5 nitrogen and oxygen atoms in total. The Balaban J connectivity index is 2.19. The summed E-state index contributed by atoms with van der Waals surface area (Å²) < 4.78 is 5.40. The molecule has 3 N–H and O–H groups in total. The summed E-state index contributed by atoms with van der Waals surface area (Å²) in [5.41, 5.74) is 0. The quantitative estimate of drug-likeness (QED) is 0.634. The summed E-state index contributed by atoms with van der Waals surface area (Å²) >= 11 is 11.7. The van der Waals surface area contributed by atoms with Crippen molar-refractivity contribution >= 4 is 29.1 Å². The van der Waals surface area contributed by atoms with Gasteiger partial charge in [0.15, 0.2) is 0 Å². The molecule has 0 aromatic heterocycles. The average molecular weight is 321 g/mol. The van der Waals surface area contributed by atoms with E-state index in [-0.39, 0.29) is 12.5 Å². The first-order valence-electron chi connectivity index (χ1n) is 6.20. The van der Waals surface area contributed by atoms with Crippen LogP contribution in [0.2, 0.25) is 10.0 Å². The Morgan fingerprint density at radius 3 is 2.80 bits per heavy atom. The molecule has 0 spiro atoms. The molecule has 1 atom stereocenters. The lowest BCUT2D eigenvalue weighted by Gasteiger charge is -2.14. The molecule has 0 fully saturated rings. The minimum Gasteiger partial charge on any atom is -0.489 e. The molecule has 1 amide bonds. The third-order valence-corrected chi connectivity index (χ3v) is 2.91. The highest BCUT2D eigenvalue weighted by Gasteiger charge is 2.07. The van der Waals surface area contributed by atoms with Gasteiger partial charge in [0, 0.05) is 31.6 Å². The third kappa shape index (κ3) is 6.96. The molecule has 0 radical (unpaired) electrons. The number of hydrogen-bond acceptors (Lipinski definition) is 4. The number of carbonyl (C=O) groups excluding carboxylic acids is 1. The number of nitrogens with one attached hydrogen (secondary N) is 2. The molecule has 1 rings (SSSR count). The summed E-state index contributed by atoms with van der Waals surface area (Å²) in [5, 5.41) is 16.3. The predicted molar refractivity (Wildman–Crippen MR) is 79.5 cm³/mol. The molecule has 1 unspecified atom stereocenters. The molecule has 0 bridgehead atoms. The summed E-state index contributed by atoms with van der Waals surface area (Å²) in [6, 6.07) is 4.90. The lowest BCUT2D eigenvalue weighted by atomic mass is 10.3. The molecule has 0 saturated heterocycles.